The van der Waals surface area contributed by atoms with Gasteiger partial charge in [0.25, 0.3) is 5.91 Å². The SMILES string of the molecule is COc1ccccc1OCC(=O)N/N=C(/C)CC(=O)Nc1ccc(N(C)C)cc1. The Balaban J connectivity index is 1.78. The molecule has 0 spiro atoms. The Kier molecular flexibility index (Phi) is 8.02. The van der Waals surface area contributed by atoms with E-state index in [4.69, 9.17) is 9.47 Å². The van der Waals surface area contributed by atoms with E-state index in [1.54, 1.807) is 31.2 Å². The van der Waals surface area contributed by atoms with Gasteiger partial charge in [-0.2, -0.15) is 5.10 Å². The summed E-state index contributed by atoms with van der Waals surface area (Å²) in [7, 11) is 5.42. The highest BCUT2D eigenvalue weighted by Crippen LogP contribution is 2.25. The number of nitrogens with one attached hydrogen (secondary N) is 2. The lowest BCUT2D eigenvalue weighted by Gasteiger charge is -2.13. The summed E-state index contributed by atoms with van der Waals surface area (Å²) in [6.07, 6.45) is 0.0586. The highest BCUT2D eigenvalue weighted by Gasteiger charge is 2.08. The van der Waals surface area contributed by atoms with Gasteiger partial charge in [0.05, 0.1) is 13.5 Å². The number of nitrogens with zero attached hydrogens (tertiary/aromatic N) is 2. The quantitative estimate of drug-likeness (QED) is 0.500. The number of benzene rings is 2. The van der Waals surface area contributed by atoms with Gasteiger partial charge < -0.3 is 19.7 Å². The second kappa shape index (κ2) is 10.7. The van der Waals surface area contributed by atoms with Crippen molar-refractivity contribution in [3.8, 4) is 11.5 Å². The zero-order chi connectivity index (χ0) is 21.2. The van der Waals surface area contributed by atoms with Crippen LogP contribution in [0.4, 0.5) is 11.4 Å². The van der Waals surface area contributed by atoms with Crippen LogP contribution in [0, 0.1) is 0 Å². The summed E-state index contributed by atoms with van der Waals surface area (Å²) in [5.41, 5.74) is 4.58. The Morgan fingerprint density at radius 2 is 1.66 bits per heavy atom. The fourth-order valence-corrected chi connectivity index (χ4v) is 2.39. The second-order valence-corrected chi connectivity index (χ2v) is 6.49. The number of para-hydroxylation sites is 2. The summed E-state index contributed by atoms with van der Waals surface area (Å²) < 4.78 is 10.6. The van der Waals surface area contributed by atoms with Crippen LogP contribution in [0.3, 0.4) is 0 Å². The normalized spacial score (nSPS) is 10.8. The van der Waals surface area contributed by atoms with E-state index in [1.165, 1.54) is 7.11 Å². The average molecular weight is 398 g/mol. The molecule has 0 atom stereocenters. The standard InChI is InChI=1S/C21H26N4O4/c1-15(13-20(26)22-16-9-11-17(12-10-16)25(2)3)23-24-21(27)14-29-19-8-6-5-7-18(19)28-4/h5-12H,13-14H2,1-4H3,(H,22,26)(H,24,27)/b23-15-. The lowest BCUT2D eigenvalue weighted by molar-refractivity contribution is -0.123. The molecule has 0 saturated heterocycles. The molecular weight excluding hydrogens is 372 g/mol. The third-order valence-corrected chi connectivity index (χ3v) is 3.88. The van der Waals surface area contributed by atoms with Crippen LogP contribution in [0.15, 0.2) is 53.6 Å². The number of amides is 2. The maximum absolute atomic E-state index is 12.1. The lowest BCUT2D eigenvalue weighted by atomic mass is 10.2. The van der Waals surface area contributed by atoms with Gasteiger partial charge in [0, 0.05) is 31.2 Å². The Morgan fingerprint density at radius 3 is 2.28 bits per heavy atom. The maximum atomic E-state index is 12.1. The first kappa shape index (κ1) is 21.7. The summed E-state index contributed by atoms with van der Waals surface area (Å²) in [4.78, 5) is 26.0. The van der Waals surface area contributed by atoms with E-state index in [2.05, 4.69) is 15.8 Å². The van der Waals surface area contributed by atoms with Crippen molar-refractivity contribution in [3.05, 3.63) is 48.5 Å². The molecule has 154 valence electrons. The van der Waals surface area contributed by atoms with Crippen molar-refractivity contribution in [2.24, 2.45) is 5.10 Å². The van der Waals surface area contributed by atoms with Gasteiger partial charge in [0.15, 0.2) is 18.1 Å². The summed E-state index contributed by atoms with van der Waals surface area (Å²) in [6, 6.07) is 14.5. The molecule has 0 heterocycles. The van der Waals surface area contributed by atoms with Crippen LogP contribution in [0.1, 0.15) is 13.3 Å². The first-order valence-corrected chi connectivity index (χ1v) is 9.04. The number of anilines is 2. The van der Waals surface area contributed by atoms with Gasteiger partial charge in [-0.15, -0.1) is 0 Å². The van der Waals surface area contributed by atoms with E-state index in [9.17, 15) is 9.59 Å². The van der Waals surface area contributed by atoms with Crippen LogP contribution < -0.4 is 25.1 Å². The zero-order valence-corrected chi connectivity index (χ0v) is 17.1. The van der Waals surface area contributed by atoms with E-state index < -0.39 is 5.91 Å². The predicted octanol–water partition coefficient (Wildman–Crippen LogP) is 2.66. The van der Waals surface area contributed by atoms with Crippen LogP contribution in [-0.4, -0.2) is 45.3 Å². The number of methoxy groups -OCH3 is 1. The van der Waals surface area contributed by atoms with Gasteiger partial charge in [-0.3, -0.25) is 9.59 Å². The minimum atomic E-state index is -0.435. The third kappa shape index (κ3) is 7.17. The largest absolute Gasteiger partial charge is 0.493 e. The van der Waals surface area contributed by atoms with Crippen LogP contribution >= 0.6 is 0 Å². The van der Waals surface area contributed by atoms with Gasteiger partial charge in [-0.25, -0.2) is 5.43 Å². The van der Waals surface area contributed by atoms with E-state index in [0.29, 0.717) is 22.9 Å². The van der Waals surface area contributed by atoms with E-state index in [0.717, 1.165) is 5.69 Å². The monoisotopic (exact) mass is 398 g/mol. The molecule has 0 aromatic heterocycles. The minimum absolute atomic E-state index is 0.0586. The number of hydrazone groups is 1. The van der Waals surface area contributed by atoms with E-state index in [1.807, 2.05) is 43.3 Å². The fourth-order valence-electron chi connectivity index (χ4n) is 2.39. The van der Waals surface area contributed by atoms with Crippen LogP contribution in [0.5, 0.6) is 11.5 Å². The van der Waals surface area contributed by atoms with Crippen LogP contribution in [-0.2, 0) is 9.59 Å². The molecule has 8 nitrogen and oxygen atoms in total. The Labute approximate surface area is 170 Å². The number of carbonyl (C=O) groups excluding carboxylic acids is 2. The number of carbonyl (C=O) groups is 2. The molecule has 0 bridgehead atoms. The molecular formula is C21H26N4O4. The van der Waals surface area contributed by atoms with Crippen molar-refractivity contribution < 1.29 is 19.1 Å². The summed E-state index contributed by atoms with van der Waals surface area (Å²) in [6.45, 7) is 1.44. The first-order chi connectivity index (χ1) is 13.9. The summed E-state index contributed by atoms with van der Waals surface area (Å²) >= 11 is 0. The molecule has 0 aliphatic rings. The van der Waals surface area contributed by atoms with Crippen LogP contribution in [0.2, 0.25) is 0 Å². The Hall–Kier alpha value is -3.55. The molecule has 0 radical (unpaired) electrons. The predicted molar refractivity (Wildman–Crippen MR) is 114 cm³/mol. The number of hydrogen-bond donors (Lipinski definition) is 2. The zero-order valence-electron chi connectivity index (χ0n) is 17.1. The molecule has 8 heteroatoms. The molecule has 0 aliphatic heterocycles. The van der Waals surface area contributed by atoms with Crippen LogP contribution in [0.25, 0.3) is 0 Å². The number of ether oxygens (including phenoxy) is 2. The van der Waals surface area contributed by atoms with Gasteiger partial charge in [0.1, 0.15) is 0 Å². The maximum Gasteiger partial charge on any atom is 0.277 e. The van der Waals surface area contributed by atoms with Gasteiger partial charge in [-0.05, 0) is 43.3 Å². The van der Waals surface area contributed by atoms with Crippen molar-refractivity contribution >= 4 is 28.9 Å². The lowest BCUT2D eigenvalue weighted by Crippen LogP contribution is -2.26. The van der Waals surface area contributed by atoms with Gasteiger partial charge >= 0.3 is 0 Å². The molecule has 0 fully saturated rings. The second-order valence-electron chi connectivity index (χ2n) is 6.49. The van der Waals surface area contributed by atoms with Crippen molar-refractivity contribution in [2.75, 3.05) is 38.0 Å². The molecule has 0 unspecified atom stereocenters. The highest BCUT2D eigenvalue weighted by atomic mass is 16.5. The van der Waals surface area contributed by atoms with Crippen molar-refractivity contribution in [1.29, 1.82) is 0 Å². The molecule has 2 aromatic carbocycles. The Bertz CT molecular complexity index is 863. The molecule has 29 heavy (non-hydrogen) atoms. The average Bonchev–Trinajstić information content (AvgIpc) is 2.71. The highest BCUT2D eigenvalue weighted by molar-refractivity contribution is 6.05. The molecule has 2 rings (SSSR count). The molecule has 0 saturated carbocycles. The van der Waals surface area contributed by atoms with Gasteiger partial charge in [0.2, 0.25) is 5.91 Å². The van der Waals surface area contributed by atoms with Gasteiger partial charge in [-0.1, -0.05) is 12.1 Å². The molecule has 2 N–H and O–H groups in total. The Morgan fingerprint density at radius 1 is 1.00 bits per heavy atom. The molecule has 0 aliphatic carbocycles. The van der Waals surface area contributed by atoms with E-state index >= 15 is 0 Å². The number of hydrogen-bond acceptors (Lipinski definition) is 6. The smallest absolute Gasteiger partial charge is 0.277 e. The molecule has 2 aromatic rings. The fraction of sp³-hybridized carbons (Fsp3) is 0.286. The van der Waals surface area contributed by atoms with Crippen molar-refractivity contribution in [3.63, 3.8) is 0 Å². The summed E-state index contributed by atoms with van der Waals surface area (Å²) in [5, 5.41) is 6.73. The third-order valence-electron chi connectivity index (χ3n) is 3.88. The topological polar surface area (TPSA) is 92.3 Å². The number of rotatable bonds is 9. The van der Waals surface area contributed by atoms with Crippen molar-refractivity contribution in [1.82, 2.24) is 5.43 Å². The summed E-state index contributed by atoms with van der Waals surface area (Å²) in [5.74, 6) is 0.346. The first-order valence-electron chi connectivity index (χ1n) is 9.04. The molecule has 2 amide bonds. The van der Waals surface area contributed by atoms with E-state index in [-0.39, 0.29) is 18.9 Å². The minimum Gasteiger partial charge on any atom is -0.493 e. The van der Waals surface area contributed by atoms with Crippen molar-refractivity contribution in [2.45, 2.75) is 13.3 Å².